The molecule has 0 amide bonds. The van der Waals surface area contributed by atoms with Crippen LogP contribution in [0.15, 0.2) is 48.5 Å². The molecule has 2 aromatic carbocycles. The maximum absolute atomic E-state index is 10.7. The van der Waals surface area contributed by atoms with E-state index in [0.29, 0.717) is 11.3 Å². The predicted octanol–water partition coefficient (Wildman–Crippen LogP) is 3.60. The van der Waals surface area contributed by atoms with Crippen molar-refractivity contribution in [3.63, 3.8) is 0 Å². The molecule has 0 aliphatic carbocycles. The lowest BCUT2D eigenvalue weighted by atomic mass is 10.1. The number of non-ortho nitro benzene ring substituents is 1. The van der Waals surface area contributed by atoms with Crippen molar-refractivity contribution < 1.29 is 4.92 Å². The normalized spacial score (nSPS) is 8.70. The first-order valence-corrected chi connectivity index (χ1v) is 6.28. The molecule has 4 nitrogen and oxygen atoms in total. The molecule has 0 heterocycles. The molecule has 0 spiro atoms. The zero-order chi connectivity index (χ0) is 15.0. The summed E-state index contributed by atoms with van der Waals surface area (Å²) in [6, 6.07) is 13.6. The Balaban J connectivity index is 0.000000956. The molecule has 2 N–H and O–H groups in total. The zero-order valence-electron chi connectivity index (χ0n) is 11.5. The van der Waals surface area contributed by atoms with Gasteiger partial charge in [-0.3, -0.25) is 10.1 Å². The summed E-state index contributed by atoms with van der Waals surface area (Å²) >= 11 is 0. The number of benzene rings is 2. The van der Waals surface area contributed by atoms with E-state index in [2.05, 4.69) is 11.8 Å². The fourth-order valence-corrected chi connectivity index (χ4v) is 1.43. The van der Waals surface area contributed by atoms with Crippen LogP contribution >= 0.6 is 0 Å². The molecule has 2 aromatic rings. The lowest BCUT2D eigenvalue weighted by Crippen LogP contribution is -1.93. The Kier molecular flexibility index (Phi) is 5.79. The molecule has 2 rings (SSSR count). The summed E-state index contributed by atoms with van der Waals surface area (Å²) in [5.41, 5.74) is 7.45. The predicted molar refractivity (Wildman–Crippen MR) is 81.3 cm³/mol. The molecule has 0 saturated heterocycles. The topological polar surface area (TPSA) is 69.2 Å². The summed E-state index contributed by atoms with van der Waals surface area (Å²) in [6.45, 7) is 4.00. The Morgan fingerprint density at radius 3 is 2.30 bits per heavy atom. The van der Waals surface area contributed by atoms with Gasteiger partial charge in [-0.15, -0.1) is 0 Å². The summed E-state index contributed by atoms with van der Waals surface area (Å²) in [7, 11) is 0. The van der Waals surface area contributed by atoms with E-state index in [4.69, 9.17) is 5.73 Å². The molecule has 0 radical (unpaired) electrons. The average molecular weight is 268 g/mol. The Morgan fingerprint density at radius 1 is 1.05 bits per heavy atom. The van der Waals surface area contributed by atoms with Crippen molar-refractivity contribution in [3.05, 3.63) is 69.8 Å². The van der Waals surface area contributed by atoms with Crippen LogP contribution < -0.4 is 5.73 Å². The summed E-state index contributed by atoms with van der Waals surface area (Å²) in [6.07, 6.45) is 0. The van der Waals surface area contributed by atoms with Crippen LogP contribution in [0.25, 0.3) is 0 Å². The number of hydrogen-bond donors (Lipinski definition) is 1. The van der Waals surface area contributed by atoms with Crippen LogP contribution in [0.1, 0.15) is 25.0 Å². The van der Waals surface area contributed by atoms with Crippen molar-refractivity contribution in [2.45, 2.75) is 13.8 Å². The third-order valence-corrected chi connectivity index (χ3v) is 2.36. The number of nitrogens with zero attached hydrogens (tertiary/aromatic N) is 1. The highest BCUT2D eigenvalue weighted by molar-refractivity contribution is 5.61. The molecule has 0 aliphatic rings. The number of hydrogen-bond acceptors (Lipinski definition) is 3. The molecule has 0 saturated carbocycles. The van der Waals surface area contributed by atoms with E-state index in [1.54, 1.807) is 0 Å². The van der Waals surface area contributed by atoms with Crippen molar-refractivity contribution in [1.29, 1.82) is 0 Å². The summed E-state index contributed by atoms with van der Waals surface area (Å²) in [5, 5.41) is 10.7. The van der Waals surface area contributed by atoms with Gasteiger partial charge in [0, 0.05) is 23.4 Å². The van der Waals surface area contributed by atoms with Gasteiger partial charge in [-0.25, -0.2) is 0 Å². The van der Waals surface area contributed by atoms with E-state index < -0.39 is 4.92 Å². The van der Waals surface area contributed by atoms with Crippen molar-refractivity contribution >= 4 is 11.4 Å². The van der Waals surface area contributed by atoms with E-state index in [0.717, 1.165) is 5.56 Å². The van der Waals surface area contributed by atoms with E-state index in [1.807, 2.05) is 44.2 Å². The number of nitrogens with two attached hydrogens (primary N) is 1. The monoisotopic (exact) mass is 268 g/mol. The first kappa shape index (κ1) is 15.3. The van der Waals surface area contributed by atoms with Crippen LogP contribution in [0.5, 0.6) is 0 Å². The first-order valence-electron chi connectivity index (χ1n) is 6.28. The highest BCUT2D eigenvalue weighted by atomic mass is 16.6. The fourth-order valence-electron chi connectivity index (χ4n) is 1.43. The molecule has 102 valence electrons. The van der Waals surface area contributed by atoms with Gasteiger partial charge in [-0.2, -0.15) is 0 Å². The second kappa shape index (κ2) is 7.59. The average Bonchev–Trinajstić information content (AvgIpc) is 2.49. The summed E-state index contributed by atoms with van der Waals surface area (Å²) < 4.78 is 0. The third-order valence-electron chi connectivity index (χ3n) is 2.36. The molecule has 0 fully saturated rings. The molecule has 0 bridgehead atoms. The standard InChI is InChI=1S/C14H10N2O2.C2H6/c15-14-9-8-13(16(17)18)10-12(14)7-6-11-4-2-1-3-5-11;1-2/h1-5,8-10H,15H2;1-2H3. The zero-order valence-corrected chi connectivity index (χ0v) is 11.5. The van der Waals surface area contributed by atoms with Gasteiger partial charge in [0.1, 0.15) is 0 Å². The molecule has 0 aliphatic heterocycles. The van der Waals surface area contributed by atoms with Gasteiger partial charge >= 0.3 is 0 Å². The van der Waals surface area contributed by atoms with Crippen molar-refractivity contribution in [1.82, 2.24) is 0 Å². The van der Waals surface area contributed by atoms with E-state index in [1.165, 1.54) is 18.2 Å². The van der Waals surface area contributed by atoms with E-state index >= 15 is 0 Å². The molecular weight excluding hydrogens is 252 g/mol. The Hall–Kier alpha value is -2.80. The molecule has 20 heavy (non-hydrogen) atoms. The SMILES string of the molecule is CC.Nc1ccc([N+](=O)[O-])cc1C#Cc1ccccc1. The van der Waals surface area contributed by atoms with E-state index in [9.17, 15) is 10.1 Å². The minimum absolute atomic E-state index is 0.0124. The second-order valence-electron chi connectivity index (χ2n) is 3.64. The van der Waals surface area contributed by atoms with E-state index in [-0.39, 0.29) is 5.69 Å². The van der Waals surface area contributed by atoms with Gasteiger partial charge in [0.25, 0.3) is 5.69 Å². The van der Waals surface area contributed by atoms with Gasteiger partial charge in [0.2, 0.25) is 0 Å². The van der Waals surface area contributed by atoms with Crippen LogP contribution in [0.3, 0.4) is 0 Å². The largest absolute Gasteiger partial charge is 0.398 e. The van der Waals surface area contributed by atoms with Crippen molar-refractivity contribution in [2.24, 2.45) is 0 Å². The van der Waals surface area contributed by atoms with Crippen LogP contribution in [-0.2, 0) is 0 Å². The Morgan fingerprint density at radius 2 is 1.70 bits per heavy atom. The number of nitro benzene ring substituents is 1. The lowest BCUT2D eigenvalue weighted by Gasteiger charge is -1.97. The van der Waals surface area contributed by atoms with Crippen molar-refractivity contribution in [3.8, 4) is 11.8 Å². The van der Waals surface area contributed by atoms with Crippen LogP contribution in [0.4, 0.5) is 11.4 Å². The van der Waals surface area contributed by atoms with Gasteiger partial charge in [0.15, 0.2) is 0 Å². The molecular formula is C16H16N2O2. The molecule has 0 unspecified atom stereocenters. The maximum atomic E-state index is 10.7. The molecule has 4 heteroatoms. The smallest absolute Gasteiger partial charge is 0.270 e. The number of anilines is 1. The van der Waals surface area contributed by atoms with Gasteiger partial charge in [-0.05, 0) is 18.2 Å². The summed E-state index contributed by atoms with van der Waals surface area (Å²) in [5.74, 6) is 5.76. The van der Waals surface area contributed by atoms with Gasteiger partial charge < -0.3 is 5.73 Å². The Labute approximate surface area is 118 Å². The molecule has 0 aromatic heterocycles. The summed E-state index contributed by atoms with van der Waals surface area (Å²) in [4.78, 5) is 10.2. The maximum Gasteiger partial charge on any atom is 0.270 e. The van der Waals surface area contributed by atoms with Gasteiger partial charge in [0.05, 0.1) is 10.5 Å². The lowest BCUT2D eigenvalue weighted by molar-refractivity contribution is -0.384. The Bertz CT molecular complexity index is 641. The fraction of sp³-hybridized carbons (Fsp3) is 0.125. The number of nitro groups is 1. The minimum Gasteiger partial charge on any atom is -0.398 e. The van der Waals surface area contributed by atoms with Crippen LogP contribution in [-0.4, -0.2) is 4.92 Å². The highest BCUT2D eigenvalue weighted by Gasteiger charge is 2.07. The first-order chi connectivity index (χ1) is 9.66. The third kappa shape index (κ3) is 4.14. The highest BCUT2D eigenvalue weighted by Crippen LogP contribution is 2.18. The van der Waals surface area contributed by atoms with Crippen LogP contribution in [0, 0.1) is 22.0 Å². The quantitative estimate of drug-likeness (QED) is 0.372. The molecule has 0 atom stereocenters. The van der Waals surface area contributed by atoms with Crippen LogP contribution in [0.2, 0.25) is 0 Å². The second-order valence-corrected chi connectivity index (χ2v) is 3.64. The minimum atomic E-state index is -0.465. The van der Waals surface area contributed by atoms with Crippen molar-refractivity contribution in [2.75, 3.05) is 5.73 Å². The number of nitrogen functional groups attached to an aromatic ring is 1. The number of rotatable bonds is 1. The van der Waals surface area contributed by atoms with Gasteiger partial charge in [-0.1, -0.05) is 43.9 Å².